The van der Waals surface area contributed by atoms with Gasteiger partial charge in [0.15, 0.2) is 5.69 Å². The largest absolute Gasteiger partial charge is 0.348 e. The molecule has 0 bridgehead atoms. The molecule has 1 heterocycles. The first-order valence-electron chi connectivity index (χ1n) is 7.22. The molecule has 0 aliphatic heterocycles. The van der Waals surface area contributed by atoms with Crippen LogP contribution in [0.4, 0.5) is 5.69 Å². The van der Waals surface area contributed by atoms with Gasteiger partial charge in [-0.15, -0.1) is 0 Å². The van der Waals surface area contributed by atoms with E-state index >= 15 is 0 Å². The zero-order valence-corrected chi connectivity index (χ0v) is 13.5. The summed E-state index contributed by atoms with van der Waals surface area (Å²) < 4.78 is 0. The number of nitrogens with zero attached hydrogens (tertiary/aromatic N) is 2. The summed E-state index contributed by atoms with van der Waals surface area (Å²) in [7, 11) is 0. The van der Waals surface area contributed by atoms with Crippen molar-refractivity contribution in [2.75, 3.05) is 11.7 Å². The van der Waals surface area contributed by atoms with Crippen molar-refractivity contribution in [3.8, 4) is 0 Å². The van der Waals surface area contributed by atoms with Gasteiger partial charge in [0.05, 0.1) is 11.9 Å². The van der Waals surface area contributed by atoms with E-state index in [2.05, 4.69) is 27.0 Å². The summed E-state index contributed by atoms with van der Waals surface area (Å²) >= 11 is 1.86. The number of hydrogen-bond acceptors (Lipinski definition) is 6. The van der Waals surface area contributed by atoms with Crippen LogP contribution < -0.4 is 16.6 Å². The smallest absolute Gasteiger partial charge is 0.272 e. The molecule has 1 aromatic rings. The van der Waals surface area contributed by atoms with E-state index < -0.39 is 0 Å². The van der Waals surface area contributed by atoms with Crippen molar-refractivity contribution in [3.63, 3.8) is 0 Å². The number of hydrazine groups is 1. The molecule has 6 nitrogen and oxygen atoms in total. The number of nitrogens with one attached hydrogen (secondary N) is 2. The molecule has 116 valence electrons. The average Bonchev–Trinajstić information content (AvgIpc) is 2.94. The minimum absolute atomic E-state index is 0.163. The van der Waals surface area contributed by atoms with Crippen LogP contribution in [0.25, 0.3) is 0 Å². The first-order valence-corrected chi connectivity index (χ1v) is 8.51. The van der Waals surface area contributed by atoms with E-state index in [0.29, 0.717) is 22.5 Å². The van der Waals surface area contributed by atoms with E-state index in [-0.39, 0.29) is 17.9 Å². The number of aromatic nitrogens is 2. The molecule has 2 rings (SSSR count). The second-order valence-electron chi connectivity index (χ2n) is 5.63. The molecule has 0 spiro atoms. The van der Waals surface area contributed by atoms with Crippen molar-refractivity contribution in [1.29, 1.82) is 0 Å². The maximum atomic E-state index is 12.4. The van der Waals surface area contributed by atoms with Crippen LogP contribution in [0.3, 0.4) is 0 Å². The van der Waals surface area contributed by atoms with Gasteiger partial charge in [0.2, 0.25) is 0 Å². The summed E-state index contributed by atoms with van der Waals surface area (Å²) in [6, 6.07) is 0.220. The van der Waals surface area contributed by atoms with E-state index in [0.717, 1.165) is 19.3 Å². The van der Waals surface area contributed by atoms with E-state index in [1.165, 1.54) is 0 Å². The Labute approximate surface area is 129 Å². The second kappa shape index (κ2) is 7.09. The number of nitrogens with two attached hydrogens (primary N) is 1. The minimum atomic E-state index is -0.181. The van der Waals surface area contributed by atoms with E-state index in [1.807, 2.05) is 25.6 Å². The van der Waals surface area contributed by atoms with Crippen LogP contribution >= 0.6 is 11.8 Å². The summed E-state index contributed by atoms with van der Waals surface area (Å²) in [5.74, 6) is 6.08. The molecule has 1 amide bonds. The number of anilines is 1. The third-order valence-electron chi connectivity index (χ3n) is 3.75. The van der Waals surface area contributed by atoms with Crippen molar-refractivity contribution >= 4 is 23.4 Å². The molecule has 1 aliphatic carbocycles. The molecular formula is C14H23N5OS. The van der Waals surface area contributed by atoms with Gasteiger partial charge in [-0.05, 0) is 25.5 Å². The summed E-state index contributed by atoms with van der Waals surface area (Å²) in [6.45, 7) is 3.99. The van der Waals surface area contributed by atoms with Gasteiger partial charge in [0, 0.05) is 17.2 Å². The van der Waals surface area contributed by atoms with Crippen LogP contribution in [0.1, 0.15) is 55.3 Å². The second-order valence-corrected chi connectivity index (χ2v) is 6.77. The standard InChI is InChI=1S/C14H23N5OS/c1-8(2)13-16-7-11(19-15)12(18-13)14(20)17-9-4-5-10(6-9)21-3/h7-10,19H,4-6,15H2,1-3H3,(H,17,20). The first kappa shape index (κ1) is 16.0. The molecule has 7 heteroatoms. The maximum absolute atomic E-state index is 12.4. The number of hydrogen-bond donors (Lipinski definition) is 3. The van der Waals surface area contributed by atoms with E-state index in [1.54, 1.807) is 6.20 Å². The highest BCUT2D eigenvalue weighted by molar-refractivity contribution is 7.99. The highest BCUT2D eigenvalue weighted by Crippen LogP contribution is 2.28. The van der Waals surface area contributed by atoms with Crippen LogP contribution in [0.5, 0.6) is 0 Å². The average molecular weight is 309 g/mol. The van der Waals surface area contributed by atoms with Gasteiger partial charge in [0.1, 0.15) is 5.82 Å². The first-order chi connectivity index (χ1) is 10.0. The predicted octanol–water partition coefficient (Wildman–Crippen LogP) is 1.90. The van der Waals surface area contributed by atoms with Crippen molar-refractivity contribution < 1.29 is 4.79 Å². The van der Waals surface area contributed by atoms with Gasteiger partial charge in [-0.25, -0.2) is 9.97 Å². The normalized spacial score (nSPS) is 21.6. The summed E-state index contributed by atoms with van der Waals surface area (Å²) in [4.78, 5) is 21.0. The van der Waals surface area contributed by atoms with Gasteiger partial charge in [-0.3, -0.25) is 10.6 Å². The Balaban J connectivity index is 2.12. The number of carbonyl (C=O) groups is 1. The third-order valence-corrected chi connectivity index (χ3v) is 4.84. The van der Waals surface area contributed by atoms with Crippen molar-refractivity contribution in [1.82, 2.24) is 15.3 Å². The van der Waals surface area contributed by atoms with Crippen molar-refractivity contribution in [3.05, 3.63) is 17.7 Å². The zero-order valence-electron chi connectivity index (χ0n) is 12.7. The molecule has 0 aromatic carbocycles. The highest BCUT2D eigenvalue weighted by Gasteiger charge is 2.27. The number of amides is 1. The molecule has 2 unspecified atom stereocenters. The van der Waals surface area contributed by atoms with Gasteiger partial charge in [0.25, 0.3) is 5.91 Å². The fourth-order valence-electron chi connectivity index (χ4n) is 2.49. The molecule has 0 saturated heterocycles. The third kappa shape index (κ3) is 3.85. The molecule has 21 heavy (non-hydrogen) atoms. The molecule has 0 radical (unpaired) electrons. The van der Waals surface area contributed by atoms with Crippen LogP contribution in [-0.4, -0.2) is 33.4 Å². The SMILES string of the molecule is CSC1CCC(NC(=O)c2nc(C(C)C)ncc2NN)C1. The lowest BCUT2D eigenvalue weighted by molar-refractivity contribution is 0.0933. The van der Waals surface area contributed by atoms with E-state index in [4.69, 9.17) is 5.84 Å². The number of rotatable bonds is 5. The molecule has 1 aliphatic rings. The van der Waals surface area contributed by atoms with Crippen LogP contribution in [0.2, 0.25) is 0 Å². The lowest BCUT2D eigenvalue weighted by atomic mass is 10.2. The minimum Gasteiger partial charge on any atom is -0.348 e. The van der Waals surface area contributed by atoms with Crippen molar-refractivity contribution in [2.45, 2.75) is 50.3 Å². The Morgan fingerprint density at radius 3 is 2.81 bits per heavy atom. The molecular weight excluding hydrogens is 286 g/mol. The van der Waals surface area contributed by atoms with Gasteiger partial charge < -0.3 is 10.7 Å². The zero-order chi connectivity index (χ0) is 15.4. The molecule has 1 saturated carbocycles. The van der Waals surface area contributed by atoms with Gasteiger partial charge in [-0.1, -0.05) is 13.8 Å². The Kier molecular flexibility index (Phi) is 5.41. The topological polar surface area (TPSA) is 92.9 Å². The highest BCUT2D eigenvalue weighted by atomic mass is 32.2. The fourth-order valence-corrected chi connectivity index (χ4v) is 3.29. The molecule has 4 N–H and O–H groups in total. The summed E-state index contributed by atoms with van der Waals surface area (Å²) in [5.41, 5.74) is 3.28. The summed E-state index contributed by atoms with van der Waals surface area (Å²) in [6.07, 6.45) is 6.86. The molecule has 1 aromatic heterocycles. The number of carbonyl (C=O) groups excluding carboxylic acids is 1. The maximum Gasteiger partial charge on any atom is 0.272 e. The fraction of sp³-hybridized carbons (Fsp3) is 0.643. The Hall–Kier alpha value is -1.34. The number of nitrogen functional groups attached to an aromatic ring is 1. The Morgan fingerprint density at radius 2 is 2.24 bits per heavy atom. The quantitative estimate of drug-likeness (QED) is 0.568. The molecule has 2 atom stereocenters. The Morgan fingerprint density at radius 1 is 1.48 bits per heavy atom. The van der Waals surface area contributed by atoms with Crippen LogP contribution in [0, 0.1) is 0 Å². The molecule has 1 fully saturated rings. The lowest BCUT2D eigenvalue weighted by Gasteiger charge is -2.15. The van der Waals surface area contributed by atoms with Crippen LogP contribution in [-0.2, 0) is 0 Å². The predicted molar refractivity (Wildman–Crippen MR) is 86.3 cm³/mol. The monoisotopic (exact) mass is 309 g/mol. The van der Waals surface area contributed by atoms with Gasteiger partial charge >= 0.3 is 0 Å². The number of thioether (sulfide) groups is 1. The van der Waals surface area contributed by atoms with Crippen LogP contribution in [0.15, 0.2) is 6.20 Å². The Bertz CT molecular complexity index is 508. The van der Waals surface area contributed by atoms with Gasteiger partial charge in [-0.2, -0.15) is 11.8 Å². The lowest BCUT2D eigenvalue weighted by Crippen LogP contribution is -2.34. The van der Waals surface area contributed by atoms with Crippen molar-refractivity contribution in [2.24, 2.45) is 5.84 Å². The summed E-state index contributed by atoms with van der Waals surface area (Å²) in [5, 5.41) is 3.70. The van der Waals surface area contributed by atoms with E-state index in [9.17, 15) is 4.79 Å².